The van der Waals surface area contributed by atoms with Crippen LogP contribution >= 0.6 is 0 Å². The predicted octanol–water partition coefficient (Wildman–Crippen LogP) is 3.65. The van der Waals surface area contributed by atoms with E-state index in [1.165, 1.54) is 4.90 Å². The van der Waals surface area contributed by atoms with E-state index in [4.69, 9.17) is 4.74 Å². The lowest BCUT2D eigenvalue weighted by Gasteiger charge is -2.52. The van der Waals surface area contributed by atoms with Gasteiger partial charge in [-0.1, -0.05) is 0 Å². The number of likely N-dealkylation sites (tertiary alicyclic amines) is 3. The molecule has 0 aromatic rings. The van der Waals surface area contributed by atoms with Crippen molar-refractivity contribution in [3.63, 3.8) is 0 Å². The SMILES string of the molecule is CCOC(=O)N1CCC2(CC(N3CCC(C4CCCN4C(=O)CC(F)(F)F)CC3)C2)C1. The molecule has 0 bridgehead atoms. The standard InChI is InChI=1S/C22H34F3N3O3/c1-2-31-20(30)27-11-7-21(15-27)12-17(13-21)26-9-5-16(6-10-26)18-4-3-8-28(18)19(29)14-22(23,24)25/h16-18H,2-15H2,1H3. The lowest BCUT2D eigenvalue weighted by molar-refractivity contribution is -0.162. The van der Waals surface area contributed by atoms with E-state index in [1.807, 2.05) is 11.8 Å². The van der Waals surface area contributed by atoms with Crippen molar-refractivity contribution in [2.24, 2.45) is 11.3 Å². The maximum absolute atomic E-state index is 12.7. The van der Waals surface area contributed by atoms with Crippen molar-refractivity contribution >= 4 is 12.0 Å². The Bertz CT molecular complexity index is 673. The molecule has 6 nitrogen and oxygen atoms in total. The zero-order valence-electron chi connectivity index (χ0n) is 18.3. The average molecular weight is 446 g/mol. The van der Waals surface area contributed by atoms with Crippen LogP contribution in [0.3, 0.4) is 0 Å². The van der Waals surface area contributed by atoms with Gasteiger partial charge in [-0.3, -0.25) is 4.79 Å². The first kappa shape index (κ1) is 22.7. The first-order valence-corrected chi connectivity index (χ1v) is 11.7. The van der Waals surface area contributed by atoms with E-state index >= 15 is 0 Å². The number of carbonyl (C=O) groups is 2. The van der Waals surface area contributed by atoms with Crippen LogP contribution in [0.2, 0.25) is 0 Å². The Balaban J connectivity index is 1.23. The fourth-order valence-corrected chi connectivity index (χ4v) is 6.37. The van der Waals surface area contributed by atoms with Gasteiger partial charge in [0.2, 0.25) is 5.91 Å². The number of ether oxygens (including phenoxy) is 1. The molecule has 4 rings (SSSR count). The van der Waals surface area contributed by atoms with Gasteiger partial charge in [0, 0.05) is 31.7 Å². The number of alkyl halides is 3. The molecule has 1 saturated carbocycles. The number of carbonyl (C=O) groups excluding carboxylic acids is 2. The Hall–Kier alpha value is -1.51. The molecule has 176 valence electrons. The summed E-state index contributed by atoms with van der Waals surface area (Å²) in [5, 5.41) is 0. The lowest BCUT2D eigenvalue weighted by Crippen LogP contribution is -2.55. The molecule has 3 heterocycles. The van der Waals surface area contributed by atoms with Gasteiger partial charge in [0.05, 0.1) is 6.61 Å². The number of hydrogen-bond acceptors (Lipinski definition) is 4. The molecule has 2 amide bonds. The van der Waals surface area contributed by atoms with E-state index < -0.39 is 18.5 Å². The van der Waals surface area contributed by atoms with Gasteiger partial charge in [0.25, 0.3) is 0 Å². The summed E-state index contributed by atoms with van der Waals surface area (Å²) in [4.78, 5) is 30.0. The maximum Gasteiger partial charge on any atom is 0.409 e. The number of piperidine rings is 1. The molecule has 0 aromatic carbocycles. The largest absolute Gasteiger partial charge is 0.450 e. The van der Waals surface area contributed by atoms with Crippen LogP contribution in [0.25, 0.3) is 0 Å². The van der Waals surface area contributed by atoms with Gasteiger partial charge in [-0.05, 0) is 76.3 Å². The van der Waals surface area contributed by atoms with Gasteiger partial charge < -0.3 is 19.4 Å². The minimum Gasteiger partial charge on any atom is -0.450 e. The Morgan fingerprint density at radius 1 is 1.06 bits per heavy atom. The van der Waals surface area contributed by atoms with E-state index in [0.29, 0.717) is 25.1 Å². The van der Waals surface area contributed by atoms with Crippen molar-refractivity contribution in [1.82, 2.24) is 14.7 Å². The van der Waals surface area contributed by atoms with E-state index in [0.717, 1.165) is 71.1 Å². The molecule has 0 aromatic heterocycles. The maximum atomic E-state index is 12.7. The van der Waals surface area contributed by atoms with Crippen LogP contribution in [0.4, 0.5) is 18.0 Å². The van der Waals surface area contributed by atoms with Crippen LogP contribution in [-0.4, -0.2) is 84.3 Å². The van der Waals surface area contributed by atoms with Gasteiger partial charge in [-0.2, -0.15) is 13.2 Å². The summed E-state index contributed by atoms with van der Waals surface area (Å²) in [5.41, 5.74) is 0.237. The topological polar surface area (TPSA) is 53.1 Å². The highest BCUT2D eigenvalue weighted by molar-refractivity contribution is 5.77. The average Bonchev–Trinajstić information content (AvgIpc) is 3.34. The Labute approximate surface area is 182 Å². The first-order valence-electron chi connectivity index (χ1n) is 11.7. The second kappa shape index (κ2) is 8.79. The second-order valence-corrected chi connectivity index (χ2v) is 9.89. The van der Waals surface area contributed by atoms with Crippen molar-refractivity contribution in [3.8, 4) is 0 Å². The molecule has 4 aliphatic rings. The molecule has 31 heavy (non-hydrogen) atoms. The smallest absolute Gasteiger partial charge is 0.409 e. The molecular formula is C22H34F3N3O3. The number of halogens is 3. The molecular weight excluding hydrogens is 411 g/mol. The van der Waals surface area contributed by atoms with Crippen molar-refractivity contribution in [3.05, 3.63) is 0 Å². The zero-order chi connectivity index (χ0) is 22.2. The Morgan fingerprint density at radius 3 is 2.42 bits per heavy atom. The molecule has 1 spiro atoms. The highest BCUT2D eigenvalue weighted by Gasteiger charge is 2.52. The third-order valence-corrected chi connectivity index (χ3v) is 7.91. The summed E-state index contributed by atoms with van der Waals surface area (Å²) in [6, 6.07) is 0.507. The van der Waals surface area contributed by atoms with E-state index in [-0.39, 0.29) is 17.6 Å². The lowest BCUT2D eigenvalue weighted by atomic mass is 9.64. The first-order chi connectivity index (χ1) is 14.7. The number of hydrogen-bond donors (Lipinski definition) is 0. The Kier molecular flexibility index (Phi) is 6.43. The molecule has 0 radical (unpaired) electrons. The molecule has 1 unspecified atom stereocenters. The third kappa shape index (κ3) is 4.96. The van der Waals surface area contributed by atoms with Crippen molar-refractivity contribution in [1.29, 1.82) is 0 Å². The van der Waals surface area contributed by atoms with E-state index in [9.17, 15) is 22.8 Å². The fraction of sp³-hybridized carbons (Fsp3) is 0.909. The van der Waals surface area contributed by atoms with E-state index in [1.54, 1.807) is 0 Å². The summed E-state index contributed by atoms with van der Waals surface area (Å²) in [6.07, 6.45) is 0.785. The van der Waals surface area contributed by atoms with Crippen LogP contribution < -0.4 is 0 Å². The summed E-state index contributed by atoms with van der Waals surface area (Å²) in [6.45, 7) is 6.15. The monoisotopic (exact) mass is 445 g/mol. The highest BCUT2D eigenvalue weighted by atomic mass is 19.4. The minimum absolute atomic E-state index is 0.0299. The number of nitrogens with zero attached hydrogens (tertiary/aromatic N) is 3. The Morgan fingerprint density at radius 2 is 1.77 bits per heavy atom. The van der Waals surface area contributed by atoms with Crippen LogP contribution in [0, 0.1) is 11.3 Å². The summed E-state index contributed by atoms with van der Waals surface area (Å²) in [7, 11) is 0. The fourth-order valence-electron chi connectivity index (χ4n) is 6.37. The summed E-state index contributed by atoms with van der Waals surface area (Å²) in [5.74, 6) is -0.457. The van der Waals surface area contributed by atoms with Crippen molar-refractivity contribution in [2.75, 3.05) is 39.3 Å². The summed E-state index contributed by atoms with van der Waals surface area (Å²) < 4.78 is 43.1. The number of rotatable bonds is 4. The zero-order valence-corrected chi connectivity index (χ0v) is 18.3. The van der Waals surface area contributed by atoms with E-state index in [2.05, 4.69) is 4.90 Å². The third-order valence-electron chi connectivity index (χ3n) is 7.91. The molecule has 9 heteroatoms. The highest BCUT2D eigenvalue weighted by Crippen LogP contribution is 2.51. The number of amides is 2. The quantitative estimate of drug-likeness (QED) is 0.663. The van der Waals surface area contributed by atoms with Gasteiger partial charge in [-0.15, -0.1) is 0 Å². The van der Waals surface area contributed by atoms with Crippen molar-refractivity contribution < 1.29 is 27.5 Å². The van der Waals surface area contributed by atoms with Crippen molar-refractivity contribution in [2.45, 2.75) is 76.6 Å². The predicted molar refractivity (Wildman–Crippen MR) is 108 cm³/mol. The van der Waals surface area contributed by atoms with Gasteiger partial charge in [0.15, 0.2) is 0 Å². The molecule has 0 N–H and O–H groups in total. The van der Waals surface area contributed by atoms with Gasteiger partial charge in [-0.25, -0.2) is 4.79 Å². The van der Waals surface area contributed by atoms with Crippen LogP contribution in [0.15, 0.2) is 0 Å². The van der Waals surface area contributed by atoms with Crippen LogP contribution in [0.5, 0.6) is 0 Å². The van der Waals surface area contributed by atoms with Crippen LogP contribution in [-0.2, 0) is 9.53 Å². The molecule has 1 atom stereocenters. The molecule has 4 fully saturated rings. The minimum atomic E-state index is -4.43. The van der Waals surface area contributed by atoms with Gasteiger partial charge >= 0.3 is 12.3 Å². The van der Waals surface area contributed by atoms with Gasteiger partial charge in [0.1, 0.15) is 6.42 Å². The van der Waals surface area contributed by atoms with Crippen LogP contribution in [0.1, 0.15) is 58.3 Å². The molecule has 1 aliphatic carbocycles. The second-order valence-electron chi connectivity index (χ2n) is 9.89. The normalized spacial score (nSPS) is 32.5. The molecule has 3 aliphatic heterocycles. The molecule has 3 saturated heterocycles. The summed E-state index contributed by atoms with van der Waals surface area (Å²) >= 11 is 0.